The van der Waals surface area contributed by atoms with E-state index in [9.17, 15) is 9.79 Å². The molecule has 0 bridgehead atoms. The zero-order valence-electron chi connectivity index (χ0n) is 13.4. The summed E-state index contributed by atoms with van der Waals surface area (Å²) >= 11 is 0. The monoisotopic (exact) mass is 296 g/mol. The van der Waals surface area contributed by atoms with Crippen LogP contribution in [-0.2, 0) is 0 Å². The molecule has 0 rings (SSSR count). The SMILES string of the molecule is CCN(CC)N(N(CC)CC)[PH](O)(O)N(CC)CC. The van der Waals surface area contributed by atoms with Crippen molar-refractivity contribution in [2.75, 3.05) is 39.3 Å². The van der Waals surface area contributed by atoms with Crippen LogP contribution in [0.1, 0.15) is 41.5 Å². The summed E-state index contributed by atoms with van der Waals surface area (Å²) in [5.41, 5.74) is 0. The van der Waals surface area contributed by atoms with Crippen molar-refractivity contribution in [2.45, 2.75) is 41.5 Å². The quantitative estimate of drug-likeness (QED) is 0.471. The second kappa shape index (κ2) is 9.19. The van der Waals surface area contributed by atoms with Gasteiger partial charge in [-0.1, -0.05) is 0 Å². The molecule has 0 aromatic carbocycles. The first-order chi connectivity index (χ1) is 8.94. The Kier molecular flexibility index (Phi) is 9.28. The summed E-state index contributed by atoms with van der Waals surface area (Å²) in [4.78, 5) is 23.2. The van der Waals surface area contributed by atoms with Gasteiger partial charge in [-0.15, -0.1) is 0 Å². The number of nitrogens with zero attached hydrogens (tertiary/aromatic N) is 4. The van der Waals surface area contributed by atoms with Crippen LogP contribution in [0.5, 0.6) is 0 Å². The van der Waals surface area contributed by atoms with E-state index in [0.717, 1.165) is 26.2 Å². The van der Waals surface area contributed by atoms with Gasteiger partial charge in [0.25, 0.3) is 0 Å². The van der Waals surface area contributed by atoms with Crippen molar-refractivity contribution in [2.24, 2.45) is 0 Å². The molecule has 0 saturated heterocycles. The summed E-state index contributed by atoms with van der Waals surface area (Å²) in [5, 5.41) is 4.00. The Bertz CT molecular complexity index is 220. The molecule has 0 saturated carbocycles. The van der Waals surface area contributed by atoms with Crippen molar-refractivity contribution in [3.8, 4) is 0 Å². The molecule has 0 aliphatic carbocycles. The molecular weight excluding hydrogens is 263 g/mol. The Hall–Kier alpha value is 0.190. The molecule has 0 aromatic heterocycles. The van der Waals surface area contributed by atoms with E-state index >= 15 is 0 Å². The van der Waals surface area contributed by atoms with Crippen LogP contribution in [-0.4, -0.2) is 68.6 Å². The molecule has 0 unspecified atom stereocenters. The number of hydrazine groups is 2. The van der Waals surface area contributed by atoms with Crippen molar-refractivity contribution in [3.63, 3.8) is 0 Å². The van der Waals surface area contributed by atoms with Crippen LogP contribution in [0.25, 0.3) is 0 Å². The van der Waals surface area contributed by atoms with Crippen molar-refractivity contribution < 1.29 is 9.79 Å². The van der Waals surface area contributed by atoms with Gasteiger partial charge in [-0.3, -0.25) is 0 Å². The second-order valence-corrected chi connectivity index (χ2v) is 6.57. The average Bonchev–Trinajstić information content (AvgIpc) is 2.40. The molecule has 19 heavy (non-hydrogen) atoms. The Morgan fingerprint density at radius 3 is 1.16 bits per heavy atom. The van der Waals surface area contributed by atoms with Crippen molar-refractivity contribution >= 4 is 8.02 Å². The van der Waals surface area contributed by atoms with Gasteiger partial charge in [0.05, 0.1) is 0 Å². The van der Waals surface area contributed by atoms with Gasteiger partial charge in [0, 0.05) is 0 Å². The van der Waals surface area contributed by atoms with E-state index < -0.39 is 8.02 Å². The molecule has 0 atom stereocenters. The van der Waals surface area contributed by atoms with Gasteiger partial charge in [0.2, 0.25) is 0 Å². The molecule has 0 aliphatic rings. The normalized spacial score (nSPS) is 14.1. The molecule has 6 nitrogen and oxygen atoms in total. The van der Waals surface area contributed by atoms with E-state index in [1.807, 2.05) is 51.6 Å². The molecule has 7 heteroatoms. The van der Waals surface area contributed by atoms with Gasteiger partial charge in [-0.2, -0.15) is 0 Å². The maximum atomic E-state index is 10.8. The van der Waals surface area contributed by atoms with Crippen molar-refractivity contribution in [1.82, 2.24) is 19.6 Å². The first-order valence-corrected chi connectivity index (χ1v) is 9.22. The summed E-state index contributed by atoms with van der Waals surface area (Å²) in [5.74, 6) is 0. The first kappa shape index (κ1) is 19.2. The van der Waals surface area contributed by atoms with Crippen LogP contribution in [0, 0.1) is 0 Å². The third-order valence-electron chi connectivity index (χ3n) is 3.45. The van der Waals surface area contributed by atoms with Crippen LogP contribution < -0.4 is 0 Å². The van der Waals surface area contributed by atoms with Gasteiger partial charge >= 0.3 is 118 Å². The Balaban J connectivity index is 5.41. The average molecular weight is 296 g/mol. The predicted molar refractivity (Wildman–Crippen MR) is 83.4 cm³/mol. The minimum absolute atomic E-state index is 0.634. The van der Waals surface area contributed by atoms with Crippen LogP contribution in [0.3, 0.4) is 0 Å². The van der Waals surface area contributed by atoms with E-state index in [-0.39, 0.29) is 0 Å². The van der Waals surface area contributed by atoms with Crippen LogP contribution in [0.2, 0.25) is 0 Å². The molecule has 0 radical (unpaired) electrons. The molecular formula is C12H33N4O2P. The zero-order valence-corrected chi connectivity index (χ0v) is 14.4. The van der Waals surface area contributed by atoms with Crippen molar-refractivity contribution in [3.05, 3.63) is 0 Å². The van der Waals surface area contributed by atoms with Gasteiger partial charge in [-0.25, -0.2) is 0 Å². The Morgan fingerprint density at radius 2 is 0.947 bits per heavy atom. The van der Waals surface area contributed by atoms with E-state index in [1.165, 1.54) is 0 Å². The predicted octanol–water partition coefficient (Wildman–Crippen LogP) is 1.54. The molecule has 0 heterocycles. The van der Waals surface area contributed by atoms with E-state index in [4.69, 9.17) is 0 Å². The zero-order chi connectivity index (χ0) is 15.1. The fourth-order valence-corrected chi connectivity index (χ4v) is 4.74. The number of hydrogen-bond acceptors (Lipinski definition) is 6. The summed E-state index contributed by atoms with van der Waals surface area (Å²) in [6.07, 6.45) is 0. The summed E-state index contributed by atoms with van der Waals surface area (Å²) in [6, 6.07) is 0. The maximum absolute atomic E-state index is 10.8. The van der Waals surface area contributed by atoms with Crippen LogP contribution in [0.15, 0.2) is 0 Å². The van der Waals surface area contributed by atoms with E-state index in [2.05, 4.69) is 0 Å². The summed E-state index contributed by atoms with van der Waals surface area (Å²) in [7, 11) is -3.65. The summed E-state index contributed by atoms with van der Waals surface area (Å²) < 4.78 is 1.77. The Labute approximate surface area is 119 Å². The molecule has 0 aromatic rings. The molecule has 0 amide bonds. The molecule has 2 N–H and O–H groups in total. The third-order valence-corrected chi connectivity index (χ3v) is 6.04. The molecule has 0 fully saturated rings. The van der Waals surface area contributed by atoms with Crippen molar-refractivity contribution in [1.29, 1.82) is 0 Å². The van der Waals surface area contributed by atoms with Crippen LogP contribution in [0.4, 0.5) is 0 Å². The van der Waals surface area contributed by atoms with E-state index in [0.29, 0.717) is 13.1 Å². The minimum atomic E-state index is -3.65. The topological polar surface area (TPSA) is 53.4 Å². The molecule has 0 spiro atoms. The fraction of sp³-hybridized carbons (Fsp3) is 1.00. The van der Waals surface area contributed by atoms with Gasteiger partial charge < -0.3 is 0 Å². The Morgan fingerprint density at radius 1 is 0.632 bits per heavy atom. The summed E-state index contributed by atoms with van der Waals surface area (Å²) in [6.45, 7) is 16.3. The molecule has 0 aliphatic heterocycles. The number of hydrogen-bond donors (Lipinski definition) is 2. The van der Waals surface area contributed by atoms with Gasteiger partial charge in [0.1, 0.15) is 0 Å². The van der Waals surface area contributed by atoms with E-state index in [1.54, 1.807) is 9.56 Å². The third kappa shape index (κ3) is 4.60. The molecule has 118 valence electrons. The van der Waals surface area contributed by atoms with Gasteiger partial charge in [0.15, 0.2) is 0 Å². The first-order valence-electron chi connectivity index (χ1n) is 7.43. The number of rotatable bonds is 10. The van der Waals surface area contributed by atoms with Gasteiger partial charge in [-0.05, 0) is 0 Å². The fourth-order valence-electron chi connectivity index (χ4n) is 2.32. The standard InChI is InChI=1S/C12H33N4O2P/c1-7-13(8-2)16(14(9-3)10-4)19(17,18)15(11-5)12-6/h17-19H,7-12H2,1-6H3. The van der Waals surface area contributed by atoms with Crippen LogP contribution >= 0.6 is 8.02 Å². The second-order valence-electron chi connectivity index (χ2n) is 4.34.